The maximum absolute atomic E-state index is 9.44. The highest BCUT2D eigenvalue weighted by Crippen LogP contribution is 2.30. The van der Waals surface area contributed by atoms with Crippen molar-refractivity contribution in [3.05, 3.63) is 34.9 Å². The molecule has 2 atom stereocenters. The van der Waals surface area contributed by atoms with Crippen LogP contribution >= 0.6 is 39.7 Å². The number of hydrogen-bond donors (Lipinski definition) is 2. The molecule has 0 aliphatic rings. The normalized spacial score (nSPS) is 13.5. The molecule has 0 saturated heterocycles. The number of hydrogen-bond acceptors (Lipinski definition) is 3. The van der Waals surface area contributed by atoms with Gasteiger partial charge in [0.1, 0.15) is 0 Å². The van der Waals surface area contributed by atoms with Crippen molar-refractivity contribution in [3.8, 4) is 0 Å². The third kappa shape index (κ3) is 9.37. The quantitative estimate of drug-likeness (QED) is 0.662. The van der Waals surface area contributed by atoms with Gasteiger partial charge in [0.25, 0.3) is 0 Å². The van der Waals surface area contributed by atoms with E-state index >= 15 is 0 Å². The SMILES string of the molecule is ClCc1ccc(Cl)cc1.O=[PH](O)O[PH](=O)O. The van der Waals surface area contributed by atoms with Gasteiger partial charge in [0.15, 0.2) is 0 Å². The summed E-state index contributed by atoms with van der Waals surface area (Å²) in [5.74, 6) is 0.553. The van der Waals surface area contributed by atoms with Crippen LogP contribution in [-0.4, -0.2) is 9.79 Å². The summed E-state index contributed by atoms with van der Waals surface area (Å²) in [6.45, 7) is 0. The average molecular weight is 307 g/mol. The van der Waals surface area contributed by atoms with E-state index in [1.54, 1.807) is 0 Å². The third-order valence-corrected chi connectivity index (χ3v) is 3.20. The van der Waals surface area contributed by atoms with Crippen LogP contribution in [0.25, 0.3) is 0 Å². The smallest absolute Gasteiger partial charge is 0.323 e. The van der Waals surface area contributed by atoms with Crippen LogP contribution in [0.15, 0.2) is 24.3 Å². The van der Waals surface area contributed by atoms with E-state index in [-0.39, 0.29) is 0 Å². The van der Waals surface area contributed by atoms with Crippen molar-refractivity contribution in [2.24, 2.45) is 0 Å². The Morgan fingerprint density at radius 3 is 1.81 bits per heavy atom. The highest BCUT2D eigenvalue weighted by molar-refractivity contribution is 7.46. The lowest BCUT2D eigenvalue weighted by Gasteiger charge is -1.91. The summed E-state index contributed by atoms with van der Waals surface area (Å²) in [6, 6.07) is 7.49. The van der Waals surface area contributed by atoms with Crippen molar-refractivity contribution in [3.63, 3.8) is 0 Å². The van der Waals surface area contributed by atoms with Gasteiger partial charge < -0.3 is 9.79 Å². The van der Waals surface area contributed by atoms with Crippen LogP contribution in [0, 0.1) is 0 Å². The molecule has 0 saturated carbocycles. The Morgan fingerprint density at radius 2 is 1.56 bits per heavy atom. The number of rotatable bonds is 3. The van der Waals surface area contributed by atoms with Gasteiger partial charge in [-0.2, -0.15) is 0 Å². The first-order valence-corrected chi connectivity index (χ1v) is 7.33. The Balaban J connectivity index is 0.000000293. The summed E-state index contributed by atoms with van der Waals surface area (Å²) >= 11 is 11.2. The molecule has 1 rings (SSSR count). The summed E-state index contributed by atoms with van der Waals surface area (Å²) in [6.07, 6.45) is 0. The highest BCUT2D eigenvalue weighted by Gasteiger charge is 1.93. The van der Waals surface area contributed by atoms with Crippen LogP contribution in [0.5, 0.6) is 0 Å². The molecule has 2 N–H and O–H groups in total. The fourth-order valence-corrected chi connectivity index (χ4v) is 1.55. The lowest BCUT2D eigenvalue weighted by Crippen LogP contribution is -1.73. The maximum atomic E-state index is 9.44. The van der Waals surface area contributed by atoms with E-state index < -0.39 is 16.5 Å². The van der Waals surface area contributed by atoms with E-state index in [0.717, 1.165) is 10.6 Å². The molecule has 0 amide bonds. The molecule has 0 bridgehead atoms. The molecule has 0 aliphatic carbocycles. The van der Waals surface area contributed by atoms with Crippen LogP contribution in [-0.2, 0) is 19.3 Å². The van der Waals surface area contributed by atoms with Crippen molar-refractivity contribution < 1.29 is 23.2 Å². The minimum absolute atomic E-state index is 0.553. The summed E-state index contributed by atoms with van der Waals surface area (Å²) in [4.78, 5) is 15.4. The van der Waals surface area contributed by atoms with Gasteiger partial charge in [-0.05, 0) is 17.7 Å². The van der Waals surface area contributed by atoms with Crippen molar-refractivity contribution in [2.75, 3.05) is 0 Å². The van der Waals surface area contributed by atoms with Crippen LogP contribution < -0.4 is 0 Å². The van der Waals surface area contributed by atoms with Gasteiger partial charge in [-0.3, -0.25) is 9.13 Å². The Kier molecular flexibility index (Phi) is 9.28. The number of halogens is 2. The van der Waals surface area contributed by atoms with Crippen LogP contribution in [0.3, 0.4) is 0 Å². The first-order valence-electron chi connectivity index (χ1n) is 3.89. The molecular weight excluding hydrogens is 297 g/mol. The maximum Gasteiger partial charge on any atom is 0.323 e. The molecule has 1 aromatic carbocycles. The zero-order chi connectivity index (χ0) is 12.6. The molecule has 0 aliphatic heterocycles. The van der Waals surface area contributed by atoms with E-state index in [0.29, 0.717) is 5.88 Å². The largest absolute Gasteiger partial charge is 0.326 e. The van der Waals surface area contributed by atoms with Crippen LogP contribution in [0.1, 0.15) is 5.56 Å². The van der Waals surface area contributed by atoms with Crippen LogP contribution in [0.2, 0.25) is 5.02 Å². The van der Waals surface area contributed by atoms with E-state index in [1.807, 2.05) is 24.3 Å². The zero-order valence-electron chi connectivity index (χ0n) is 7.89. The van der Waals surface area contributed by atoms with Crippen molar-refractivity contribution in [2.45, 2.75) is 5.88 Å². The molecular formula is C7H10Cl2O5P2. The predicted molar refractivity (Wildman–Crippen MR) is 64.5 cm³/mol. The standard InChI is InChI=1S/C7H6Cl2.H4O5P2/c8-5-6-1-3-7(9)4-2-6;1-6(2)5-7(3)4/h1-4H,5H2;6-7H,(H,1,2)(H,3,4). The molecule has 2 unspecified atom stereocenters. The number of alkyl halides is 1. The lowest BCUT2D eigenvalue weighted by molar-refractivity contribution is 0.371. The second-order valence-electron chi connectivity index (χ2n) is 2.39. The van der Waals surface area contributed by atoms with Gasteiger partial charge in [0.2, 0.25) is 0 Å². The topological polar surface area (TPSA) is 83.8 Å². The Hall–Kier alpha value is 0.140. The molecule has 9 heteroatoms. The lowest BCUT2D eigenvalue weighted by atomic mass is 10.2. The molecule has 16 heavy (non-hydrogen) atoms. The third-order valence-electron chi connectivity index (χ3n) is 1.24. The van der Waals surface area contributed by atoms with Crippen molar-refractivity contribution in [1.29, 1.82) is 0 Å². The second kappa shape index (κ2) is 9.20. The molecule has 5 nitrogen and oxygen atoms in total. The Morgan fingerprint density at radius 1 is 1.12 bits per heavy atom. The summed E-state index contributed by atoms with van der Waals surface area (Å²) in [5, 5.41) is 0.754. The molecule has 0 spiro atoms. The zero-order valence-corrected chi connectivity index (χ0v) is 11.4. The first kappa shape index (κ1) is 16.1. The molecule has 0 aromatic heterocycles. The average Bonchev–Trinajstić information content (AvgIpc) is 2.17. The van der Waals surface area contributed by atoms with Gasteiger partial charge in [-0.25, -0.2) is 4.31 Å². The van der Waals surface area contributed by atoms with Gasteiger partial charge >= 0.3 is 16.5 Å². The predicted octanol–water partition coefficient (Wildman–Crippen LogP) is 2.85. The van der Waals surface area contributed by atoms with E-state index in [1.165, 1.54) is 0 Å². The van der Waals surface area contributed by atoms with Crippen LogP contribution in [0.4, 0.5) is 0 Å². The monoisotopic (exact) mass is 306 g/mol. The minimum Gasteiger partial charge on any atom is -0.326 e. The Bertz CT molecular complexity index is 344. The fraction of sp³-hybridized carbons (Fsp3) is 0.143. The van der Waals surface area contributed by atoms with Gasteiger partial charge in [0.05, 0.1) is 0 Å². The molecule has 0 radical (unpaired) electrons. The van der Waals surface area contributed by atoms with Crippen molar-refractivity contribution >= 4 is 39.7 Å². The highest BCUT2D eigenvalue weighted by atomic mass is 35.5. The Labute approximate surface area is 104 Å². The minimum atomic E-state index is -3.20. The number of benzene rings is 1. The molecule has 92 valence electrons. The van der Waals surface area contributed by atoms with E-state index in [9.17, 15) is 9.13 Å². The molecule has 1 aromatic rings. The first-order chi connectivity index (χ1) is 7.45. The van der Waals surface area contributed by atoms with Gasteiger partial charge in [0, 0.05) is 10.9 Å². The summed E-state index contributed by atoms with van der Waals surface area (Å²) in [7, 11) is -6.40. The molecule has 0 fully saturated rings. The van der Waals surface area contributed by atoms with Crippen molar-refractivity contribution in [1.82, 2.24) is 0 Å². The summed E-state index contributed by atoms with van der Waals surface area (Å²) < 4.78 is 22.3. The van der Waals surface area contributed by atoms with Gasteiger partial charge in [-0.1, -0.05) is 23.7 Å². The van der Waals surface area contributed by atoms with Gasteiger partial charge in [-0.15, -0.1) is 11.6 Å². The fourth-order valence-electron chi connectivity index (χ4n) is 0.648. The second-order valence-corrected chi connectivity index (χ2v) is 4.98. The molecule has 0 heterocycles. The summed E-state index contributed by atoms with van der Waals surface area (Å²) in [5.41, 5.74) is 1.10. The van der Waals surface area contributed by atoms with E-state index in [2.05, 4.69) is 4.31 Å². The van der Waals surface area contributed by atoms with E-state index in [4.69, 9.17) is 33.0 Å².